The molecule has 106 valence electrons. The Balaban J connectivity index is 2.58. The molecular weight excluding hydrogens is 392 g/mol. The van der Waals surface area contributed by atoms with Gasteiger partial charge < -0.3 is 5.32 Å². The summed E-state index contributed by atoms with van der Waals surface area (Å²) in [4.78, 5) is 0. The van der Waals surface area contributed by atoms with Crippen molar-refractivity contribution in [2.75, 3.05) is 7.05 Å². The number of halogens is 4. The molecule has 0 spiro atoms. The van der Waals surface area contributed by atoms with Crippen molar-refractivity contribution >= 4 is 31.9 Å². The van der Waals surface area contributed by atoms with E-state index in [1.165, 1.54) is 0 Å². The molecule has 0 radical (unpaired) electrons. The quantitative estimate of drug-likeness (QED) is 0.749. The first-order chi connectivity index (χ1) is 9.45. The van der Waals surface area contributed by atoms with Crippen LogP contribution in [0, 0.1) is 18.6 Å². The lowest BCUT2D eigenvalue weighted by Crippen LogP contribution is -2.20. The average molecular weight is 405 g/mol. The molecule has 2 aromatic carbocycles. The van der Waals surface area contributed by atoms with Gasteiger partial charge in [0.05, 0.1) is 6.04 Å². The van der Waals surface area contributed by atoms with E-state index in [9.17, 15) is 8.78 Å². The van der Waals surface area contributed by atoms with Gasteiger partial charge in [-0.25, -0.2) is 8.78 Å². The summed E-state index contributed by atoms with van der Waals surface area (Å²) in [7, 11) is 1.72. The van der Waals surface area contributed by atoms with Crippen molar-refractivity contribution in [3.05, 3.63) is 67.6 Å². The summed E-state index contributed by atoms with van der Waals surface area (Å²) >= 11 is 6.84. The molecule has 0 aliphatic rings. The third-order valence-electron chi connectivity index (χ3n) is 3.17. The largest absolute Gasteiger partial charge is 0.309 e. The van der Waals surface area contributed by atoms with Crippen molar-refractivity contribution in [2.45, 2.75) is 13.0 Å². The van der Waals surface area contributed by atoms with Crippen LogP contribution < -0.4 is 5.32 Å². The van der Waals surface area contributed by atoms with E-state index in [0.717, 1.165) is 14.5 Å². The van der Waals surface area contributed by atoms with Crippen LogP contribution in [0.5, 0.6) is 0 Å². The molecule has 5 heteroatoms. The predicted molar refractivity (Wildman–Crippen MR) is 83.8 cm³/mol. The number of aryl methyl sites for hydroxylation is 1. The zero-order valence-electron chi connectivity index (χ0n) is 11.0. The molecule has 0 fully saturated rings. The number of hydrogen-bond donors (Lipinski definition) is 1. The smallest absolute Gasteiger partial charge is 0.164 e. The highest BCUT2D eigenvalue weighted by Crippen LogP contribution is 2.33. The fourth-order valence-corrected chi connectivity index (χ4v) is 2.95. The van der Waals surface area contributed by atoms with Crippen molar-refractivity contribution in [1.29, 1.82) is 0 Å². The average Bonchev–Trinajstić information content (AvgIpc) is 2.43. The summed E-state index contributed by atoms with van der Waals surface area (Å²) in [6, 6.07) is 8.39. The second-order valence-corrected chi connectivity index (χ2v) is 6.26. The van der Waals surface area contributed by atoms with Crippen molar-refractivity contribution in [2.24, 2.45) is 0 Å². The molecule has 2 rings (SSSR count). The molecule has 0 aliphatic carbocycles. The second-order valence-electron chi connectivity index (χ2n) is 4.49. The Morgan fingerprint density at radius 2 is 1.70 bits per heavy atom. The number of benzene rings is 2. The minimum absolute atomic E-state index is 0.286. The van der Waals surface area contributed by atoms with Crippen LogP contribution in [0.4, 0.5) is 8.78 Å². The number of hydrogen-bond acceptors (Lipinski definition) is 1. The molecule has 1 unspecified atom stereocenters. The highest BCUT2D eigenvalue weighted by atomic mass is 79.9. The van der Waals surface area contributed by atoms with E-state index >= 15 is 0 Å². The van der Waals surface area contributed by atoms with Crippen LogP contribution in [0.1, 0.15) is 22.7 Å². The van der Waals surface area contributed by atoms with E-state index in [1.54, 1.807) is 26.1 Å². The molecule has 0 saturated carbocycles. The highest BCUT2D eigenvalue weighted by Gasteiger charge is 2.21. The summed E-state index contributed by atoms with van der Waals surface area (Å²) in [5, 5.41) is 3.03. The number of rotatable bonds is 3. The molecule has 0 heterocycles. The summed E-state index contributed by atoms with van der Waals surface area (Å²) < 4.78 is 29.6. The van der Waals surface area contributed by atoms with E-state index in [4.69, 9.17) is 0 Å². The molecule has 20 heavy (non-hydrogen) atoms. The van der Waals surface area contributed by atoms with Gasteiger partial charge in [-0.3, -0.25) is 0 Å². The molecule has 0 bridgehead atoms. The zero-order valence-corrected chi connectivity index (χ0v) is 14.1. The first kappa shape index (κ1) is 15.6. The monoisotopic (exact) mass is 403 g/mol. The lowest BCUT2D eigenvalue weighted by molar-refractivity contribution is 0.482. The van der Waals surface area contributed by atoms with Gasteiger partial charge in [0.2, 0.25) is 0 Å². The summed E-state index contributed by atoms with van der Waals surface area (Å²) in [6.45, 7) is 1.55. The van der Waals surface area contributed by atoms with E-state index in [0.29, 0.717) is 5.56 Å². The Morgan fingerprint density at radius 1 is 1.00 bits per heavy atom. The van der Waals surface area contributed by atoms with E-state index < -0.39 is 17.7 Å². The molecule has 0 amide bonds. The molecule has 1 nitrogen and oxygen atoms in total. The molecule has 1 N–H and O–H groups in total. The molecule has 2 aromatic rings. The zero-order chi connectivity index (χ0) is 14.9. The van der Waals surface area contributed by atoms with Gasteiger partial charge in [-0.2, -0.15) is 0 Å². The maximum atomic E-state index is 14.2. The van der Waals surface area contributed by atoms with E-state index in [1.807, 2.05) is 18.2 Å². The van der Waals surface area contributed by atoms with Crippen LogP contribution in [0.2, 0.25) is 0 Å². The Morgan fingerprint density at radius 3 is 2.35 bits per heavy atom. The lowest BCUT2D eigenvalue weighted by atomic mass is 9.97. The maximum absolute atomic E-state index is 14.2. The fourth-order valence-electron chi connectivity index (χ4n) is 2.10. The Bertz CT molecular complexity index is 644. The summed E-state index contributed by atoms with van der Waals surface area (Å²) in [6.07, 6.45) is 0. The van der Waals surface area contributed by atoms with Crippen LogP contribution in [0.25, 0.3) is 0 Å². The lowest BCUT2D eigenvalue weighted by Gasteiger charge is -2.20. The van der Waals surface area contributed by atoms with Gasteiger partial charge in [0.15, 0.2) is 11.6 Å². The maximum Gasteiger partial charge on any atom is 0.164 e. The predicted octanol–water partition coefficient (Wildman–Crippen LogP) is 5.11. The third kappa shape index (κ3) is 2.95. The van der Waals surface area contributed by atoms with Gasteiger partial charge in [-0.15, -0.1) is 0 Å². The topological polar surface area (TPSA) is 12.0 Å². The molecular formula is C15H13Br2F2N. The van der Waals surface area contributed by atoms with Crippen LogP contribution in [0.15, 0.2) is 39.3 Å². The van der Waals surface area contributed by atoms with Crippen molar-refractivity contribution in [3.63, 3.8) is 0 Å². The first-order valence-electron chi connectivity index (χ1n) is 6.02. The fraction of sp³-hybridized carbons (Fsp3) is 0.200. The molecule has 0 saturated heterocycles. The minimum Gasteiger partial charge on any atom is -0.309 e. The summed E-state index contributed by atoms with van der Waals surface area (Å²) in [5.41, 5.74) is 1.42. The van der Waals surface area contributed by atoms with Gasteiger partial charge in [-0.1, -0.05) is 44.0 Å². The van der Waals surface area contributed by atoms with E-state index in [2.05, 4.69) is 37.2 Å². The molecule has 0 aromatic heterocycles. The van der Waals surface area contributed by atoms with Crippen molar-refractivity contribution in [1.82, 2.24) is 5.32 Å². The van der Waals surface area contributed by atoms with E-state index in [-0.39, 0.29) is 5.56 Å². The molecule has 0 aliphatic heterocycles. The van der Waals surface area contributed by atoms with Crippen LogP contribution in [-0.4, -0.2) is 7.05 Å². The van der Waals surface area contributed by atoms with Gasteiger partial charge in [0.25, 0.3) is 0 Å². The van der Waals surface area contributed by atoms with Gasteiger partial charge in [0.1, 0.15) is 0 Å². The molecule has 1 atom stereocenters. The van der Waals surface area contributed by atoms with Gasteiger partial charge >= 0.3 is 0 Å². The Hall–Kier alpha value is -0.780. The van der Waals surface area contributed by atoms with Crippen LogP contribution in [0.3, 0.4) is 0 Å². The summed E-state index contributed by atoms with van der Waals surface area (Å²) in [5.74, 6) is -1.61. The second kappa shape index (κ2) is 6.33. The minimum atomic E-state index is -0.809. The van der Waals surface area contributed by atoms with Crippen LogP contribution >= 0.6 is 31.9 Å². The number of nitrogens with one attached hydrogen (secondary N) is 1. The van der Waals surface area contributed by atoms with Gasteiger partial charge in [0, 0.05) is 14.5 Å². The first-order valence-corrected chi connectivity index (χ1v) is 7.61. The van der Waals surface area contributed by atoms with Crippen molar-refractivity contribution in [3.8, 4) is 0 Å². The Kier molecular flexibility index (Phi) is 4.94. The van der Waals surface area contributed by atoms with Crippen molar-refractivity contribution < 1.29 is 8.78 Å². The SMILES string of the molecule is CNC(c1cc(Br)ccc1Br)c1ccc(C)c(F)c1F. The Labute approximate surface area is 133 Å². The standard InChI is InChI=1S/C15H13Br2F2N/c1-8-3-5-10(14(19)13(8)18)15(20-2)11-7-9(16)4-6-12(11)17/h3-7,15,20H,1-2H3. The third-order valence-corrected chi connectivity index (χ3v) is 4.39. The van der Waals surface area contributed by atoms with Gasteiger partial charge in [-0.05, 0) is 43.3 Å². The normalized spacial score (nSPS) is 12.5. The van der Waals surface area contributed by atoms with Crippen LogP contribution in [-0.2, 0) is 0 Å². The highest BCUT2D eigenvalue weighted by molar-refractivity contribution is 9.11.